The van der Waals surface area contributed by atoms with Gasteiger partial charge in [0.05, 0.1) is 23.5 Å². The number of aryl methyl sites for hydroxylation is 1. The van der Waals surface area contributed by atoms with Crippen LogP contribution in [0, 0.1) is 0 Å². The average molecular weight is 259 g/mol. The van der Waals surface area contributed by atoms with E-state index in [2.05, 4.69) is 4.98 Å². The molecule has 2 aromatic rings. The smallest absolute Gasteiger partial charge is 0.224 e. The molecule has 1 aliphatic rings. The van der Waals surface area contributed by atoms with E-state index >= 15 is 0 Å². The number of aliphatic hydroxyl groups excluding tert-OH is 1. The molecule has 1 fully saturated rings. The van der Waals surface area contributed by atoms with Gasteiger partial charge in [-0.15, -0.1) is 0 Å². The van der Waals surface area contributed by atoms with Gasteiger partial charge in [0.2, 0.25) is 5.91 Å². The molecule has 0 spiro atoms. The van der Waals surface area contributed by atoms with Crippen LogP contribution < -0.4 is 0 Å². The summed E-state index contributed by atoms with van der Waals surface area (Å²) >= 11 is 0. The Morgan fingerprint density at radius 1 is 1.42 bits per heavy atom. The van der Waals surface area contributed by atoms with Crippen LogP contribution in [0.15, 0.2) is 30.6 Å². The monoisotopic (exact) mass is 259 g/mol. The first-order chi connectivity index (χ1) is 9.24. The van der Waals surface area contributed by atoms with E-state index in [9.17, 15) is 9.90 Å². The lowest BCUT2D eigenvalue weighted by molar-refractivity contribution is -0.130. The second kappa shape index (κ2) is 5.01. The summed E-state index contributed by atoms with van der Waals surface area (Å²) in [6.07, 6.45) is 2.57. The quantitative estimate of drug-likeness (QED) is 0.895. The third kappa shape index (κ3) is 2.46. The van der Waals surface area contributed by atoms with E-state index < -0.39 is 0 Å². The highest BCUT2D eigenvalue weighted by atomic mass is 16.3. The lowest BCUT2D eigenvalue weighted by atomic mass is 10.3. The number of hydrogen-bond donors (Lipinski definition) is 1. The zero-order valence-electron chi connectivity index (χ0n) is 10.7. The number of carbonyl (C=O) groups excluding carboxylic acids is 1. The highest BCUT2D eigenvalue weighted by Crippen LogP contribution is 2.14. The van der Waals surface area contributed by atoms with Crippen LogP contribution in [0.3, 0.4) is 0 Å². The molecule has 1 aliphatic heterocycles. The molecule has 0 unspecified atom stereocenters. The summed E-state index contributed by atoms with van der Waals surface area (Å²) in [5, 5.41) is 9.43. The van der Waals surface area contributed by atoms with Gasteiger partial charge in [0.1, 0.15) is 0 Å². The van der Waals surface area contributed by atoms with Crippen LogP contribution in [0.2, 0.25) is 0 Å². The number of para-hydroxylation sites is 2. The van der Waals surface area contributed by atoms with Crippen LogP contribution in [0.4, 0.5) is 0 Å². The maximum Gasteiger partial charge on any atom is 0.224 e. The Hall–Kier alpha value is -1.88. The van der Waals surface area contributed by atoms with Crippen molar-refractivity contribution in [3.8, 4) is 0 Å². The van der Waals surface area contributed by atoms with Crippen molar-refractivity contribution in [2.24, 2.45) is 0 Å². The van der Waals surface area contributed by atoms with Gasteiger partial charge in [0.25, 0.3) is 0 Å². The third-order valence-electron chi connectivity index (χ3n) is 3.61. The molecule has 1 aromatic carbocycles. The Labute approximate surface area is 111 Å². The molecule has 1 atom stereocenters. The number of β-amino-alcohol motifs (C(OH)–C–C–N with tert-alkyl or cyclic N) is 1. The normalized spacial score (nSPS) is 19.2. The van der Waals surface area contributed by atoms with Crippen molar-refractivity contribution in [3.63, 3.8) is 0 Å². The summed E-state index contributed by atoms with van der Waals surface area (Å²) in [5.74, 6) is 0.106. The lowest BCUT2D eigenvalue weighted by Crippen LogP contribution is -2.30. The number of amides is 1. The maximum atomic E-state index is 12.0. The minimum atomic E-state index is -0.349. The van der Waals surface area contributed by atoms with Gasteiger partial charge in [-0.3, -0.25) is 4.79 Å². The summed E-state index contributed by atoms with van der Waals surface area (Å²) < 4.78 is 2.00. The summed E-state index contributed by atoms with van der Waals surface area (Å²) in [7, 11) is 0. The molecule has 0 radical (unpaired) electrons. The molecule has 100 valence electrons. The Kier molecular flexibility index (Phi) is 3.21. The number of aromatic nitrogens is 2. The first kappa shape index (κ1) is 12.2. The van der Waals surface area contributed by atoms with Crippen LogP contribution in [0.5, 0.6) is 0 Å². The van der Waals surface area contributed by atoms with Crippen LogP contribution in [0.25, 0.3) is 11.0 Å². The molecule has 0 aliphatic carbocycles. The van der Waals surface area contributed by atoms with Crippen molar-refractivity contribution >= 4 is 16.9 Å². The van der Waals surface area contributed by atoms with E-state index in [0.717, 1.165) is 11.0 Å². The summed E-state index contributed by atoms with van der Waals surface area (Å²) in [5.41, 5.74) is 2.00. The molecule has 1 saturated heterocycles. The van der Waals surface area contributed by atoms with Crippen molar-refractivity contribution in [3.05, 3.63) is 30.6 Å². The molecular formula is C14H17N3O2. The molecular weight excluding hydrogens is 242 g/mol. The Morgan fingerprint density at radius 2 is 2.26 bits per heavy atom. The molecule has 19 heavy (non-hydrogen) atoms. The molecule has 1 amide bonds. The minimum absolute atomic E-state index is 0.106. The topological polar surface area (TPSA) is 58.4 Å². The molecule has 0 bridgehead atoms. The first-order valence-electron chi connectivity index (χ1n) is 6.60. The van der Waals surface area contributed by atoms with Crippen molar-refractivity contribution in [2.75, 3.05) is 13.1 Å². The van der Waals surface area contributed by atoms with E-state index in [4.69, 9.17) is 0 Å². The van der Waals surface area contributed by atoms with Crippen molar-refractivity contribution in [1.29, 1.82) is 0 Å². The van der Waals surface area contributed by atoms with Crippen molar-refractivity contribution in [1.82, 2.24) is 14.5 Å². The van der Waals surface area contributed by atoms with E-state index in [0.29, 0.717) is 32.5 Å². The molecule has 1 N–H and O–H groups in total. The minimum Gasteiger partial charge on any atom is -0.391 e. The molecule has 1 aromatic heterocycles. The van der Waals surface area contributed by atoms with Gasteiger partial charge in [-0.2, -0.15) is 0 Å². The van der Waals surface area contributed by atoms with E-state index in [1.165, 1.54) is 0 Å². The summed E-state index contributed by atoms with van der Waals surface area (Å²) in [6, 6.07) is 7.90. The van der Waals surface area contributed by atoms with Crippen LogP contribution in [-0.4, -0.2) is 44.7 Å². The molecule has 2 heterocycles. The maximum absolute atomic E-state index is 12.0. The number of nitrogens with zero attached hydrogens (tertiary/aromatic N) is 3. The average Bonchev–Trinajstić information content (AvgIpc) is 3.02. The second-order valence-electron chi connectivity index (χ2n) is 4.96. The molecule has 5 heteroatoms. The number of carbonyl (C=O) groups is 1. The number of likely N-dealkylation sites (tertiary alicyclic amines) is 1. The van der Waals surface area contributed by atoms with Crippen LogP contribution in [-0.2, 0) is 11.3 Å². The standard InChI is InChI=1S/C14H17N3O2/c18-11-5-7-16(9-11)14(19)6-8-17-10-15-12-3-1-2-4-13(12)17/h1-4,10-11,18H,5-9H2/t11-/m1/s1. The van der Waals surface area contributed by atoms with Crippen molar-refractivity contribution < 1.29 is 9.90 Å². The fraction of sp³-hybridized carbons (Fsp3) is 0.429. The van der Waals surface area contributed by atoms with Gasteiger partial charge in [-0.05, 0) is 18.6 Å². The van der Waals surface area contributed by atoms with Gasteiger partial charge < -0.3 is 14.6 Å². The highest BCUT2D eigenvalue weighted by molar-refractivity contribution is 5.77. The van der Waals surface area contributed by atoms with Crippen LogP contribution in [0.1, 0.15) is 12.8 Å². The number of rotatable bonds is 3. The number of fused-ring (bicyclic) bond motifs is 1. The number of imidazole rings is 1. The van der Waals surface area contributed by atoms with E-state index in [1.807, 2.05) is 28.8 Å². The fourth-order valence-electron chi connectivity index (χ4n) is 2.53. The van der Waals surface area contributed by atoms with Gasteiger partial charge in [0, 0.05) is 26.1 Å². The summed E-state index contributed by atoms with van der Waals surface area (Å²) in [4.78, 5) is 18.0. The van der Waals surface area contributed by atoms with Crippen LogP contribution >= 0.6 is 0 Å². The zero-order valence-corrected chi connectivity index (χ0v) is 10.7. The van der Waals surface area contributed by atoms with Crippen molar-refractivity contribution in [2.45, 2.75) is 25.5 Å². The van der Waals surface area contributed by atoms with Gasteiger partial charge in [-0.1, -0.05) is 12.1 Å². The zero-order chi connectivity index (χ0) is 13.2. The Morgan fingerprint density at radius 3 is 3.05 bits per heavy atom. The Balaban J connectivity index is 1.64. The molecule has 3 rings (SSSR count). The second-order valence-corrected chi connectivity index (χ2v) is 4.96. The summed E-state index contributed by atoms with van der Waals surface area (Å²) in [6.45, 7) is 1.78. The largest absolute Gasteiger partial charge is 0.391 e. The SMILES string of the molecule is O=C(CCn1cnc2ccccc21)N1CC[C@@H](O)C1. The number of benzene rings is 1. The highest BCUT2D eigenvalue weighted by Gasteiger charge is 2.24. The number of aliphatic hydroxyl groups is 1. The Bertz CT molecular complexity index is 593. The number of hydrogen-bond acceptors (Lipinski definition) is 3. The van der Waals surface area contributed by atoms with Gasteiger partial charge >= 0.3 is 0 Å². The van der Waals surface area contributed by atoms with E-state index in [1.54, 1.807) is 11.2 Å². The molecule has 0 saturated carbocycles. The predicted molar refractivity (Wildman–Crippen MR) is 71.6 cm³/mol. The lowest BCUT2D eigenvalue weighted by Gasteiger charge is -2.15. The third-order valence-corrected chi connectivity index (χ3v) is 3.61. The molecule has 5 nitrogen and oxygen atoms in total. The predicted octanol–water partition coefficient (Wildman–Crippen LogP) is 1.02. The first-order valence-corrected chi connectivity index (χ1v) is 6.60. The van der Waals surface area contributed by atoms with E-state index in [-0.39, 0.29) is 12.0 Å². The fourth-order valence-corrected chi connectivity index (χ4v) is 2.53. The van der Waals surface area contributed by atoms with Gasteiger partial charge in [-0.25, -0.2) is 4.98 Å². The van der Waals surface area contributed by atoms with Gasteiger partial charge in [0.15, 0.2) is 0 Å².